The summed E-state index contributed by atoms with van der Waals surface area (Å²) in [5.74, 6) is -0.249. The van der Waals surface area contributed by atoms with Gasteiger partial charge < -0.3 is 10.0 Å². The topological polar surface area (TPSA) is 82.5 Å². The molecule has 2 rings (SSSR count). The molecule has 0 spiro atoms. The number of aromatic nitrogens is 1. The number of aliphatic hydroxyl groups excluding tert-OH is 1. The van der Waals surface area contributed by atoms with Crippen molar-refractivity contribution in [2.75, 3.05) is 25.0 Å². The van der Waals surface area contributed by atoms with Gasteiger partial charge in [0.25, 0.3) is 5.91 Å². The molecule has 0 bridgehead atoms. The van der Waals surface area contributed by atoms with Crippen molar-refractivity contribution >= 4 is 39.6 Å². The lowest BCUT2D eigenvalue weighted by Gasteiger charge is -2.21. The lowest BCUT2D eigenvalue weighted by molar-refractivity contribution is -0.131. The maximum Gasteiger partial charge on any atom is 0.267 e. The molecule has 2 amide bonds. The number of hydrogen-bond acceptors (Lipinski definition) is 6. The molecule has 0 fully saturated rings. The standard InChI is InChI=1S/C16H21N3O3S2/c1-2-3-6-19(7-8-20)14(21)10-12-11-24-16(17-12)18-15(22)13-5-4-9-23-13/h4-5,9,11,20H,2-3,6-8,10H2,1H3,(H,17,18,22). The number of carbonyl (C=O) groups is 2. The second-order valence-electron chi connectivity index (χ2n) is 5.21. The van der Waals surface area contributed by atoms with Gasteiger partial charge in [0, 0.05) is 18.5 Å². The second kappa shape index (κ2) is 9.51. The Labute approximate surface area is 149 Å². The van der Waals surface area contributed by atoms with Crippen LogP contribution in [0.5, 0.6) is 0 Å². The number of carbonyl (C=O) groups excluding carboxylic acids is 2. The van der Waals surface area contributed by atoms with Gasteiger partial charge in [-0.05, 0) is 17.9 Å². The summed E-state index contributed by atoms with van der Waals surface area (Å²) < 4.78 is 0. The van der Waals surface area contributed by atoms with E-state index in [0.717, 1.165) is 12.8 Å². The number of nitrogens with one attached hydrogen (secondary N) is 1. The number of hydrogen-bond donors (Lipinski definition) is 2. The highest BCUT2D eigenvalue weighted by Gasteiger charge is 2.16. The summed E-state index contributed by atoms with van der Waals surface area (Å²) in [4.78, 5) is 30.9. The summed E-state index contributed by atoms with van der Waals surface area (Å²) in [7, 11) is 0. The van der Waals surface area contributed by atoms with E-state index in [1.54, 1.807) is 16.3 Å². The first-order valence-corrected chi connectivity index (χ1v) is 9.57. The van der Waals surface area contributed by atoms with Crippen LogP contribution in [0.2, 0.25) is 0 Å². The number of aliphatic hydroxyl groups is 1. The van der Waals surface area contributed by atoms with Crippen molar-refractivity contribution < 1.29 is 14.7 Å². The van der Waals surface area contributed by atoms with Gasteiger partial charge >= 0.3 is 0 Å². The molecule has 2 aromatic rings. The molecule has 24 heavy (non-hydrogen) atoms. The number of anilines is 1. The number of unbranched alkanes of at least 4 members (excludes halogenated alkanes) is 1. The van der Waals surface area contributed by atoms with E-state index < -0.39 is 0 Å². The molecule has 0 aliphatic heterocycles. The molecule has 0 saturated carbocycles. The maximum atomic E-state index is 12.3. The van der Waals surface area contributed by atoms with E-state index in [4.69, 9.17) is 5.11 Å². The van der Waals surface area contributed by atoms with E-state index in [-0.39, 0.29) is 24.8 Å². The van der Waals surface area contributed by atoms with Crippen molar-refractivity contribution in [1.82, 2.24) is 9.88 Å². The highest BCUT2D eigenvalue weighted by molar-refractivity contribution is 7.14. The highest BCUT2D eigenvalue weighted by Crippen LogP contribution is 2.18. The van der Waals surface area contributed by atoms with Crippen LogP contribution in [0.25, 0.3) is 0 Å². The summed E-state index contributed by atoms with van der Waals surface area (Å²) in [6, 6.07) is 3.57. The quantitative estimate of drug-likeness (QED) is 0.714. The molecule has 0 aromatic carbocycles. The van der Waals surface area contributed by atoms with Crippen LogP contribution in [-0.4, -0.2) is 46.5 Å². The van der Waals surface area contributed by atoms with Crippen LogP contribution in [0.4, 0.5) is 5.13 Å². The number of amides is 2. The van der Waals surface area contributed by atoms with Crippen molar-refractivity contribution in [2.24, 2.45) is 0 Å². The Balaban J connectivity index is 1.92. The Bertz CT molecular complexity index is 655. The van der Waals surface area contributed by atoms with Gasteiger partial charge in [0.05, 0.1) is 23.6 Å². The minimum absolute atomic E-state index is 0.0470. The first kappa shape index (κ1) is 18.6. The van der Waals surface area contributed by atoms with Crippen LogP contribution in [0.3, 0.4) is 0 Å². The zero-order valence-corrected chi connectivity index (χ0v) is 15.2. The average Bonchev–Trinajstić information content (AvgIpc) is 3.23. The van der Waals surface area contributed by atoms with Crippen LogP contribution >= 0.6 is 22.7 Å². The van der Waals surface area contributed by atoms with Crippen LogP contribution in [0.1, 0.15) is 35.1 Å². The predicted molar refractivity (Wildman–Crippen MR) is 96.7 cm³/mol. The Kier molecular flexibility index (Phi) is 7.36. The van der Waals surface area contributed by atoms with Gasteiger partial charge in [-0.2, -0.15) is 0 Å². The normalized spacial score (nSPS) is 10.6. The first-order valence-electron chi connectivity index (χ1n) is 7.82. The molecule has 0 saturated heterocycles. The second-order valence-corrected chi connectivity index (χ2v) is 7.02. The monoisotopic (exact) mass is 367 g/mol. The third kappa shape index (κ3) is 5.40. The van der Waals surface area contributed by atoms with Gasteiger partial charge in [-0.3, -0.25) is 14.9 Å². The van der Waals surface area contributed by atoms with E-state index in [1.807, 2.05) is 11.4 Å². The van der Waals surface area contributed by atoms with Gasteiger partial charge in [0.2, 0.25) is 5.91 Å². The van der Waals surface area contributed by atoms with Crippen LogP contribution in [-0.2, 0) is 11.2 Å². The van der Waals surface area contributed by atoms with Crippen LogP contribution < -0.4 is 5.32 Å². The highest BCUT2D eigenvalue weighted by atomic mass is 32.1. The number of thiophene rings is 1. The van der Waals surface area contributed by atoms with Crippen molar-refractivity contribution in [1.29, 1.82) is 0 Å². The largest absolute Gasteiger partial charge is 0.395 e. The summed E-state index contributed by atoms with van der Waals surface area (Å²) in [6.07, 6.45) is 2.07. The first-order chi connectivity index (χ1) is 11.6. The summed E-state index contributed by atoms with van der Waals surface area (Å²) in [5, 5.41) is 15.9. The predicted octanol–water partition coefficient (Wildman–Crippen LogP) is 2.62. The fourth-order valence-corrected chi connectivity index (χ4v) is 3.43. The van der Waals surface area contributed by atoms with Crippen LogP contribution in [0, 0.1) is 0 Å². The fourth-order valence-electron chi connectivity index (χ4n) is 2.11. The molecule has 0 aliphatic carbocycles. The van der Waals surface area contributed by atoms with E-state index >= 15 is 0 Å². The molecule has 2 aromatic heterocycles. The van der Waals surface area contributed by atoms with Crippen molar-refractivity contribution in [3.8, 4) is 0 Å². The molecule has 0 atom stereocenters. The fraction of sp³-hybridized carbons (Fsp3) is 0.438. The Morgan fingerprint density at radius 2 is 2.17 bits per heavy atom. The molecular formula is C16H21N3O3S2. The van der Waals surface area contributed by atoms with E-state index in [0.29, 0.717) is 28.8 Å². The molecule has 0 radical (unpaired) electrons. The van der Waals surface area contributed by atoms with Crippen molar-refractivity contribution in [2.45, 2.75) is 26.2 Å². The molecule has 2 heterocycles. The summed E-state index contributed by atoms with van der Waals surface area (Å²) >= 11 is 2.67. The van der Waals surface area contributed by atoms with Gasteiger partial charge in [-0.25, -0.2) is 4.98 Å². The molecule has 130 valence electrons. The zero-order chi connectivity index (χ0) is 17.4. The summed E-state index contributed by atoms with van der Waals surface area (Å²) in [6.45, 7) is 2.99. The van der Waals surface area contributed by atoms with E-state index in [2.05, 4.69) is 17.2 Å². The van der Waals surface area contributed by atoms with Gasteiger partial charge in [-0.15, -0.1) is 22.7 Å². The van der Waals surface area contributed by atoms with Crippen LogP contribution in [0.15, 0.2) is 22.9 Å². The van der Waals surface area contributed by atoms with Crippen molar-refractivity contribution in [3.63, 3.8) is 0 Å². The molecule has 8 heteroatoms. The lowest BCUT2D eigenvalue weighted by Crippen LogP contribution is -2.35. The van der Waals surface area contributed by atoms with Crippen molar-refractivity contribution in [3.05, 3.63) is 33.5 Å². The van der Waals surface area contributed by atoms with E-state index in [1.165, 1.54) is 22.7 Å². The molecule has 0 unspecified atom stereocenters. The molecule has 6 nitrogen and oxygen atoms in total. The molecule has 2 N–H and O–H groups in total. The minimum Gasteiger partial charge on any atom is -0.395 e. The number of thiazole rings is 1. The molecule has 0 aliphatic rings. The molecular weight excluding hydrogens is 346 g/mol. The Morgan fingerprint density at radius 3 is 2.83 bits per heavy atom. The number of nitrogens with zero attached hydrogens (tertiary/aromatic N) is 2. The zero-order valence-electron chi connectivity index (χ0n) is 13.5. The maximum absolute atomic E-state index is 12.3. The Hall–Kier alpha value is -1.77. The van der Waals surface area contributed by atoms with Gasteiger partial charge in [-0.1, -0.05) is 19.4 Å². The van der Waals surface area contributed by atoms with Gasteiger partial charge in [0.1, 0.15) is 0 Å². The average molecular weight is 367 g/mol. The smallest absolute Gasteiger partial charge is 0.267 e. The SMILES string of the molecule is CCCCN(CCO)C(=O)Cc1csc(NC(=O)c2cccs2)n1. The third-order valence-corrected chi connectivity index (χ3v) is 5.03. The van der Waals surface area contributed by atoms with E-state index in [9.17, 15) is 9.59 Å². The lowest BCUT2D eigenvalue weighted by atomic mass is 10.2. The Morgan fingerprint density at radius 1 is 1.33 bits per heavy atom. The minimum atomic E-state index is -0.193. The number of rotatable bonds is 9. The summed E-state index contributed by atoms with van der Waals surface area (Å²) in [5.41, 5.74) is 0.630. The van der Waals surface area contributed by atoms with Gasteiger partial charge in [0.15, 0.2) is 5.13 Å². The third-order valence-electron chi connectivity index (χ3n) is 3.35.